The van der Waals surface area contributed by atoms with Gasteiger partial charge in [0.25, 0.3) is 0 Å². The summed E-state index contributed by atoms with van der Waals surface area (Å²) >= 11 is 0. The van der Waals surface area contributed by atoms with Crippen molar-refractivity contribution in [3.05, 3.63) is 47.2 Å². The Labute approximate surface area is 147 Å². The molecule has 25 heavy (non-hydrogen) atoms. The molecule has 1 heterocycles. The van der Waals surface area contributed by atoms with E-state index in [1.54, 1.807) is 28.4 Å². The summed E-state index contributed by atoms with van der Waals surface area (Å²) in [7, 11) is 6.53. The SMILES string of the molecule is COC1=CC(C2(c3ccc(OC)c(OC)c3)OCCO2)=CCC1OC. The van der Waals surface area contributed by atoms with Crippen LogP contribution in [0.2, 0.25) is 0 Å². The van der Waals surface area contributed by atoms with E-state index in [1.807, 2.05) is 24.3 Å². The van der Waals surface area contributed by atoms with Gasteiger partial charge in [0.2, 0.25) is 5.79 Å². The zero-order valence-electron chi connectivity index (χ0n) is 15.0. The van der Waals surface area contributed by atoms with Crippen molar-refractivity contribution in [3.63, 3.8) is 0 Å². The fraction of sp³-hybridized carbons (Fsp3) is 0.474. The molecule has 1 aromatic rings. The van der Waals surface area contributed by atoms with Crippen LogP contribution in [0.4, 0.5) is 0 Å². The Hall–Kier alpha value is -2.02. The van der Waals surface area contributed by atoms with Crippen molar-refractivity contribution in [2.45, 2.75) is 18.3 Å². The number of benzene rings is 1. The Morgan fingerprint density at radius 1 is 0.960 bits per heavy atom. The van der Waals surface area contributed by atoms with Crippen LogP contribution in [0.1, 0.15) is 12.0 Å². The summed E-state index contributed by atoms with van der Waals surface area (Å²) in [5.74, 6) is 1.05. The van der Waals surface area contributed by atoms with Crippen LogP contribution in [0.25, 0.3) is 0 Å². The molecule has 0 bridgehead atoms. The van der Waals surface area contributed by atoms with Gasteiger partial charge in [-0.2, -0.15) is 0 Å². The van der Waals surface area contributed by atoms with Crippen LogP contribution in [-0.2, 0) is 24.7 Å². The molecule has 1 atom stereocenters. The molecule has 1 unspecified atom stereocenters. The molecule has 0 radical (unpaired) electrons. The van der Waals surface area contributed by atoms with Crippen molar-refractivity contribution in [1.82, 2.24) is 0 Å². The lowest BCUT2D eigenvalue weighted by molar-refractivity contribution is -0.131. The van der Waals surface area contributed by atoms with Gasteiger partial charge in [-0.05, 0) is 30.7 Å². The average Bonchev–Trinajstić information content (AvgIpc) is 3.17. The van der Waals surface area contributed by atoms with Crippen LogP contribution >= 0.6 is 0 Å². The Balaban J connectivity index is 2.04. The molecule has 1 aromatic carbocycles. The van der Waals surface area contributed by atoms with Crippen LogP contribution in [0, 0.1) is 0 Å². The summed E-state index contributed by atoms with van der Waals surface area (Å²) in [5.41, 5.74) is 1.74. The Bertz CT molecular complexity index is 672. The topological polar surface area (TPSA) is 55.4 Å². The molecule has 0 spiro atoms. The lowest BCUT2D eigenvalue weighted by Gasteiger charge is -2.33. The molecule has 1 aliphatic carbocycles. The van der Waals surface area contributed by atoms with E-state index < -0.39 is 5.79 Å². The van der Waals surface area contributed by atoms with Gasteiger partial charge in [-0.1, -0.05) is 6.08 Å². The smallest absolute Gasteiger partial charge is 0.222 e. The maximum absolute atomic E-state index is 6.07. The number of hydrogen-bond acceptors (Lipinski definition) is 6. The maximum Gasteiger partial charge on any atom is 0.222 e. The van der Waals surface area contributed by atoms with Gasteiger partial charge in [-0.25, -0.2) is 0 Å². The minimum atomic E-state index is -0.984. The number of rotatable bonds is 6. The van der Waals surface area contributed by atoms with E-state index in [1.165, 1.54) is 0 Å². The fourth-order valence-corrected chi connectivity index (χ4v) is 3.24. The van der Waals surface area contributed by atoms with Gasteiger partial charge in [0.15, 0.2) is 11.5 Å². The highest BCUT2D eigenvalue weighted by Gasteiger charge is 2.43. The second-order valence-corrected chi connectivity index (χ2v) is 5.75. The van der Waals surface area contributed by atoms with Gasteiger partial charge < -0.3 is 28.4 Å². The molecule has 1 fully saturated rings. The zero-order valence-corrected chi connectivity index (χ0v) is 15.0. The highest BCUT2D eigenvalue weighted by atomic mass is 16.7. The van der Waals surface area contributed by atoms with E-state index in [0.717, 1.165) is 16.9 Å². The third-order valence-corrected chi connectivity index (χ3v) is 4.52. The monoisotopic (exact) mass is 348 g/mol. The molecule has 6 heteroatoms. The minimum Gasteiger partial charge on any atom is -0.498 e. The molecule has 1 aliphatic heterocycles. The van der Waals surface area contributed by atoms with Crippen LogP contribution in [-0.4, -0.2) is 47.8 Å². The van der Waals surface area contributed by atoms with Crippen LogP contribution < -0.4 is 9.47 Å². The van der Waals surface area contributed by atoms with Gasteiger partial charge in [0.05, 0.1) is 34.5 Å². The van der Waals surface area contributed by atoms with Crippen molar-refractivity contribution in [2.75, 3.05) is 41.7 Å². The Kier molecular flexibility index (Phi) is 5.32. The first-order valence-electron chi connectivity index (χ1n) is 8.18. The predicted octanol–water partition coefficient (Wildman–Crippen LogP) is 2.78. The molecule has 0 aromatic heterocycles. The van der Waals surface area contributed by atoms with Gasteiger partial charge in [-0.3, -0.25) is 0 Å². The first kappa shape index (κ1) is 17.8. The summed E-state index contributed by atoms with van der Waals surface area (Å²) in [6, 6.07) is 5.66. The molecule has 6 nitrogen and oxygen atoms in total. The quantitative estimate of drug-likeness (QED) is 0.788. The van der Waals surface area contributed by atoms with E-state index in [2.05, 4.69) is 6.08 Å². The van der Waals surface area contributed by atoms with Gasteiger partial charge in [-0.15, -0.1) is 0 Å². The fourth-order valence-electron chi connectivity index (χ4n) is 3.24. The molecular formula is C19H24O6. The van der Waals surface area contributed by atoms with Gasteiger partial charge in [0.1, 0.15) is 11.9 Å². The third-order valence-electron chi connectivity index (χ3n) is 4.52. The number of methoxy groups -OCH3 is 4. The van der Waals surface area contributed by atoms with Crippen molar-refractivity contribution in [1.29, 1.82) is 0 Å². The van der Waals surface area contributed by atoms with Gasteiger partial charge in [0, 0.05) is 18.2 Å². The molecule has 0 N–H and O–H groups in total. The molecule has 2 aliphatic rings. The molecule has 0 amide bonds. The molecule has 0 saturated carbocycles. The number of ether oxygens (including phenoxy) is 6. The van der Waals surface area contributed by atoms with Crippen molar-refractivity contribution < 1.29 is 28.4 Å². The second-order valence-electron chi connectivity index (χ2n) is 5.75. The van der Waals surface area contributed by atoms with E-state index in [9.17, 15) is 0 Å². The zero-order chi connectivity index (χ0) is 17.9. The maximum atomic E-state index is 6.07. The standard InChI is InChI=1S/C19H24O6/c1-20-15-7-5-13(11-17(15)22-3)19(24-9-10-25-19)14-6-8-16(21-2)18(12-14)23-4/h5-7,11-12,16H,8-10H2,1-4H3. The van der Waals surface area contributed by atoms with E-state index in [0.29, 0.717) is 31.1 Å². The van der Waals surface area contributed by atoms with Crippen LogP contribution in [0.5, 0.6) is 11.5 Å². The van der Waals surface area contributed by atoms with E-state index in [-0.39, 0.29) is 6.10 Å². The Morgan fingerprint density at radius 2 is 1.68 bits per heavy atom. The average molecular weight is 348 g/mol. The molecule has 136 valence electrons. The largest absolute Gasteiger partial charge is 0.498 e. The molecule has 1 saturated heterocycles. The Morgan fingerprint density at radius 3 is 2.28 bits per heavy atom. The van der Waals surface area contributed by atoms with Crippen molar-refractivity contribution in [2.24, 2.45) is 0 Å². The van der Waals surface area contributed by atoms with Crippen LogP contribution in [0.15, 0.2) is 41.7 Å². The summed E-state index contributed by atoms with van der Waals surface area (Å²) in [6.07, 6.45) is 4.59. The highest BCUT2D eigenvalue weighted by molar-refractivity contribution is 5.48. The van der Waals surface area contributed by atoms with E-state index in [4.69, 9.17) is 28.4 Å². The lowest BCUT2D eigenvalue weighted by atomic mass is 9.91. The summed E-state index contributed by atoms with van der Waals surface area (Å²) in [4.78, 5) is 0. The molecule has 3 rings (SSSR count). The minimum absolute atomic E-state index is 0.0994. The second kappa shape index (κ2) is 7.47. The lowest BCUT2D eigenvalue weighted by Crippen LogP contribution is -2.32. The summed E-state index contributed by atoms with van der Waals surface area (Å²) < 4.78 is 33.8. The number of hydrogen-bond donors (Lipinski definition) is 0. The van der Waals surface area contributed by atoms with E-state index >= 15 is 0 Å². The molecular weight excluding hydrogens is 324 g/mol. The van der Waals surface area contributed by atoms with Crippen molar-refractivity contribution >= 4 is 0 Å². The highest BCUT2D eigenvalue weighted by Crippen LogP contribution is 2.44. The normalized spacial score (nSPS) is 22.2. The summed E-state index contributed by atoms with van der Waals surface area (Å²) in [6.45, 7) is 1.02. The van der Waals surface area contributed by atoms with Crippen LogP contribution in [0.3, 0.4) is 0 Å². The first-order chi connectivity index (χ1) is 12.2. The predicted molar refractivity (Wildman–Crippen MR) is 91.7 cm³/mol. The van der Waals surface area contributed by atoms with Crippen molar-refractivity contribution in [3.8, 4) is 11.5 Å². The van der Waals surface area contributed by atoms with Gasteiger partial charge >= 0.3 is 0 Å². The summed E-state index contributed by atoms with van der Waals surface area (Å²) in [5, 5.41) is 0. The first-order valence-corrected chi connectivity index (χ1v) is 8.18. The third kappa shape index (κ3) is 3.13.